The Balaban J connectivity index is 2.06. The second-order valence-electron chi connectivity index (χ2n) is 4.40. The van der Waals surface area contributed by atoms with Crippen LogP contribution in [0.4, 0.5) is 0 Å². The maximum absolute atomic E-state index is 11.4. The summed E-state index contributed by atoms with van der Waals surface area (Å²) in [7, 11) is -2.76. The summed E-state index contributed by atoms with van der Waals surface area (Å²) in [5.41, 5.74) is 5.62. The van der Waals surface area contributed by atoms with Crippen molar-refractivity contribution in [2.75, 3.05) is 18.1 Å². The summed E-state index contributed by atoms with van der Waals surface area (Å²) in [5, 5.41) is 0. The Morgan fingerprint density at radius 3 is 2.46 bits per heavy atom. The van der Waals surface area contributed by atoms with Gasteiger partial charge in [0.1, 0.15) is 0 Å². The van der Waals surface area contributed by atoms with Crippen molar-refractivity contribution in [2.24, 2.45) is 23.5 Å². The fourth-order valence-electron chi connectivity index (χ4n) is 2.47. The van der Waals surface area contributed by atoms with Crippen molar-refractivity contribution in [1.82, 2.24) is 0 Å². The molecule has 0 spiro atoms. The Kier molecular flexibility index (Phi) is 2.36. The first-order chi connectivity index (χ1) is 6.12. The zero-order valence-corrected chi connectivity index (χ0v) is 8.59. The van der Waals surface area contributed by atoms with E-state index in [-0.39, 0.29) is 5.92 Å². The molecule has 0 aromatic heterocycles. The molecule has 0 aromatic rings. The third kappa shape index (κ3) is 2.05. The first kappa shape index (κ1) is 9.46. The summed E-state index contributed by atoms with van der Waals surface area (Å²) >= 11 is 0. The van der Waals surface area contributed by atoms with Gasteiger partial charge in [0.2, 0.25) is 0 Å². The predicted molar refractivity (Wildman–Crippen MR) is 52.0 cm³/mol. The fourth-order valence-corrected chi connectivity index (χ4v) is 4.31. The Morgan fingerprint density at radius 1 is 1.23 bits per heavy atom. The first-order valence-electron chi connectivity index (χ1n) is 5.03. The highest BCUT2D eigenvalue weighted by atomic mass is 32.2. The molecule has 2 atom stereocenters. The largest absolute Gasteiger partial charge is 0.330 e. The first-order valence-corrected chi connectivity index (χ1v) is 6.85. The lowest BCUT2D eigenvalue weighted by molar-refractivity contribution is 0.303. The normalized spacial score (nSPS) is 38.8. The molecule has 4 heteroatoms. The smallest absolute Gasteiger partial charge is 0.150 e. The maximum Gasteiger partial charge on any atom is 0.150 e. The minimum absolute atomic E-state index is 0.242. The van der Waals surface area contributed by atoms with E-state index in [0.717, 1.165) is 12.3 Å². The van der Waals surface area contributed by atoms with Gasteiger partial charge in [0.25, 0.3) is 0 Å². The number of nitrogens with two attached hydrogens (primary N) is 1. The maximum atomic E-state index is 11.4. The van der Waals surface area contributed by atoms with E-state index in [1.165, 1.54) is 12.8 Å². The van der Waals surface area contributed by atoms with Crippen LogP contribution >= 0.6 is 0 Å². The molecule has 0 radical (unpaired) electrons. The SMILES string of the molecule is NCC1CS(=O)(=O)CCC1C1CC1. The van der Waals surface area contributed by atoms with E-state index in [0.29, 0.717) is 24.0 Å². The molecule has 3 nitrogen and oxygen atoms in total. The minimum atomic E-state index is -2.76. The summed E-state index contributed by atoms with van der Waals surface area (Å²) in [6, 6.07) is 0. The van der Waals surface area contributed by atoms with Crippen LogP contribution in [0.15, 0.2) is 0 Å². The molecular weight excluding hydrogens is 186 g/mol. The molecule has 1 heterocycles. The van der Waals surface area contributed by atoms with Crippen LogP contribution < -0.4 is 5.73 Å². The van der Waals surface area contributed by atoms with Gasteiger partial charge in [-0.05, 0) is 43.6 Å². The topological polar surface area (TPSA) is 60.2 Å². The second kappa shape index (κ2) is 3.24. The summed E-state index contributed by atoms with van der Waals surface area (Å²) < 4.78 is 22.7. The molecular formula is C9H17NO2S. The summed E-state index contributed by atoms with van der Waals surface area (Å²) in [4.78, 5) is 0. The highest BCUT2D eigenvalue weighted by molar-refractivity contribution is 7.91. The summed E-state index contributed by atoms with van der Waals surface area (Å²) in [6.07, 6.45) is 3.44. The molecule has 2 N–H and O–H groups in total. The van der Waals surface area contributed by atoms with Gasteiger partial charge >= 0.3 is 0 Å². The summed E-state index contributed by atoms with van der Waals surface area (Å²) in [6.45, 7) is 0.542. The van der Waals surface area contributed by atoms with Crippen LogP contribution in [0.5, 0.6) is 0 Å². The average molecular weight is 203 g/mol. The van der Waals surface area contributed by atoms with Crippen LogP contribution in [0.25, 0.3) is 0 Å². The van der Waals surface area contributed by atoms with Gasteiger partial charge in [-0.1, -0.05) is 0 Å². The fraction of sp³-hybridized carbons (Fsp3) is 1.00. The zero-order valence-electron chi connectivity index (χ0n) is 7.78. The molecule has 0 bridgehead atoms. The van der Waals surface area contributed by atoms with Crippen LogP contribution in [0.1, 0.15) is 19.3 Å². The van der Waals surface area contributed by atoms with Crippen LogP contribution in [0.2, 0.25) is 0 Å². The van der Waals surface area contributed by atoms with Crippen molar-refractivity contribution in [2.45, 2.75) is 19.3 Å². The molecule has 2 fully saturated rings. The third-order valence-electron chi connectivity index (χ3n) is 3.37. The Morgan fingerprint density at radius 2 is 1.92 bits per heavy atom. The molecule has 1 aliphatic heterocycles. The monoisotopic (exact) mass is 203 g/mol. The van der Waals surface area contributed by atoms with E-state index in [2.05, 4.69) is 0 Å². The molecule has 0 amide bonds. The lowest BCUT2D eigenvalue weighted by Crippen LogP contribution is -2.38. The molecule has 76 valence electrons. The number of hydrogen-bond acceptors (Lipinski definition) is 3. The van der Waals surface area contributed by atoms with Crippen molar-refractivity contribution in [3.63, 3.8) is 0 Å². The van der Waals surface area contributed by atoms with E-state index in [9.17, 15) is 8.42 Å². The lowest BCUT2D eigenvalue weighted by Gasteiger charge is -2.30. The van der Waals surface area contributed by atoms with Crippen LogP contribution in [-0.2, 0) is 9.84 Å². The minimum Gasteiger partial charge on any atom is -0.330 e. The Hall–Kier alpha value is -0.0900. The van der Waals surface area contributed by atoms with Gasteiger partial charge < -0.3 is 5.73 Å². The average Bonchev–Trinajstić information content (AvgIpc) is 2.86. The highest BCUT2D eigenvalue weighted by Crippen LogP contribution is 2.44. The summed E-state index contributed by atoms with van der Waals surface area (Å²) in [5.74, 6) is 2.37. The van der Waals surface area contributed by atoms with E-state index >= 15 is 0 Å². The molecule has 2 aliphatic rings. The lowest BCUT2D eigenvalue weighted by atomic mass is 9.87. The molecule has 2 rings (SSSR count). The molecule has 1 aliphatic carbocycles. The van der Waals surface area contributed by atoms with E-state index in [1.807, 2.05) is 0 Å². The van der Waals surface area contributed by atoms with Crippen molar-refractivity contribution >= 4 is 9.84 Å². The van der Waals surface area contributed by atoms with E-state index in [1.54, 1.807) is 0 Å². The molecule has 2 unspecified atom stereocenters. The van der Waals surface area contributed by atoms with Crippen LogP contribution in [-0.4, -0.2) is 26.5 Å². The number of rotatable bonds is 2. The van der Waals surface area contributed by atoms with E-state index < -0.39 is 9.84 Å². The van der Waals surface area contributed by atoms with Crippen molar-refractivity contribution in [1.29, 1.82) is 0 Å². The predicted octanol–water partition coefficient (Wildman–Crippen LogP) is 0.406. The van der Waals surface area contributed by atoms with Crippen molar-refractivity contribution < 1.29 is 8.42 Å². The van der Waals surface area contributed by atoms with E-state index in [4.69, 9.17) is 5.73 Å². The van der Waals surface area contributed by atoms with Gasteiger partial charge in [-0.3, -0.25) is 0 Å². The molecule has 13 heavy (non-hydrogen) atoms. The Bertz CT molecular complexity index is 282. The third-order valence-corrected chi connectivity index (χ3v) is 5.16. The van der Waals surface area contributed by atoms with Crippen molar-refractivity contribution in [3.05, 3.63) is 0 Å². The van der Waals surface area contributed by atoms with Gasteiger partial charge in [-0.15, -0.1) is 0 Å². The zero-order chi connectivity index (χ0) is 9.47. The van der Waals surface area contributed by atoms with Crippen molar-refractivity contribution in [3.8, 4) is 0 Å². The Labute approximate surface area is 79.6 Å². The molecule has 0 aromatic carbocycles. The van der Waals surface area contributed by atoms with Gasteiger partial charge in [0, 0.05) is 0 Å². The van der Waals surface area contributed by atoms with Gasteiger partial charge in [0.05, 0.1) is 11.5 Å². The standard InChI is InChI=1S/C9H17NO2S/c10-5-8-6-13(11,12)4-3-9(8)7-1-2-7/h7-9H,1-6,10H2. The second-order valence-corrected chi connectivity index (χ2v) is 6.63. The highest BCUT2D eigenvalue weighted by Gasteiger charge is 2.40. The number of hydrogen-bond donors (Lipinski definition) is 1. The van der Waals surface area contributed by atoms with Gasteiger partial charge in [0.15, 0.2) is 9.84 Å². The van der Waals surface area contributed by atoms with Gasteiger partial charge in [-0.2, -0.15) is 0 Å². The quantitative estimate of drug-likeness (QED) is 0.707. The van der Waals surface area contributed by atoms with Crippen LogP contribution in [0.3, 0.4) is 0 Å². The molecule has 1 saturated heterocycles. The van der Waals surface area contributed by atoms with Crippen LogP contribution in [0, 0.1) is 17.8 Å². The number of sulfone groups is 1. The molecule has 1 saturated carbocycles. The van der Waals surface area contributed by atoms with Gasteiger partial charge in [-0.25, -0.2) is 8.42 Å².